The van der Waals surface area contributed by atoms with Crippen molar-refractivity contribution in [3.63, 3.8) is 0 Å². The van der Waals surface area contributed by atoms with Crippen LogP contribution in [0.25, 0.3) is 6.08 Å². The number of nitrogens with one attached hydrogen (secondary N) is 1. The van der Waals surface area contributed by atoms with Gasteiger partial charge < -0.3 is 19.7 Å². The maximum atomic E-state index is 11.7. The Bertz CT molecular complexity index is 1000. The van der Waals surface area contributed by atoms with Gasteiger partial charge >= 0.3 is 6.09 Å². The van der Waals surface area contributed by atoms with Gasteiger partial charge in [-0.15, -0.1) is 0 Å². The lowest BCUT2D eigenvalue weighted by Crippen LogP contribution is -2.34. The van der Waals surface area contributed by atoms with Crippen LogP contribution in [0.3, 0.4) is 0 Å². The van der Waals surface area contributed by atoms with E-state index in [0.29, 0.717) is 28.1 Å². The molecule has 6 nitrogen and oxygen atoms in total. The van der Waals surface area contributed by atoms with E-state index in [9.17, 15) is 9.59 Å². The molecule has 2 aliphatic rings. The Labute approximate surface area is 184 Å². The molecule has 2 fully saturated rings. The normalized spacial score (nSPS) is 19.9. The van der Waals surface area contributed by atoms with Gasteiger partial charge in [0.15, 0.2) is 0 Å². The summed E-state index contributed by atoms with van der Waals surface area (Å²) in [6, 6.07) is 15.4. The van der Waals surface area contributed by atoms with E-state index >= 15 is 0 Å². The third-order valence-electron chi connectivity index (χ3n) is 4.87. The van der Waals surface area contributed by atoms with Crippen LogP contribution in [0, 0.1) is 0 Å². The summed E-state index contributed by atoms with van der Waals surface area (Å²) in [5, 5.41) is 2.60. The van der Waals surface area contributed by atoms with Crippen LogP contribution in [0.5, 0.6) is 11.5 Å². The third-order valence-corrected chi connectivity index (χ3v) is 6.03. The number of cyclic esters (lactones) is 1. The van der Waals surface area contributed by atoms with Crippen molar-refractivity contribution >= 4 is 46.4 Å². The molecular weight excluding hydrogens is 420 g/mol. The summed E-state index contributed by atoms with van der Waals surface area (Å²) in [7, 11) is 0. The third kappa shape index (κ3) is 4.66. The van der Waals surface area contributed by atoms with Crippen LogP contribution in [-0.2, 0) is 16.0 Å². The number of likely N-dealkylation sites (N-methyl/N-ethyl adjacent to an activating group) is 1. The number of thioether (sulfide) groups is 1. The van der Waals surface area contributed by atoms with Crippen molar-refractivity contribution in [1.29, 1.82) is 0 Å². The second-order valence-corrected chi connectivity index (χ2v) is 8.61. The van der Waals surface area contributed by atoms with E-state index in [1.165, 1.54) is 11.8 Å². The molecule has 0 aromatic heterocycles. The standard InChI is InChI=1S/C22H20N2O4S2/c1-2-24-16(13-27-22(24)26)11-14-3-7-17(8-4-14)28-18-9-5-15(6-10-18)12-19-20(25)23-21(29)30-19/h3-10,12,16H,2,11,13H2,1H3,(H,23,25,29). The van der Waals surface area contributed by atoms with Crippen LogP contribution >= 0.6 is 24.0 Å². The molecule has 2 saturated heterocycles. The van der Waals surface area contributed by atoms with E-state index in [4.69, 9.17) is 21.7 Å². The topological polar surface area (TPSA) is 67.9 Å². The Kier molecular flexibility index (Phi) is 6.06. The molecule has 2 aromatic carbocycles. The molecular formula is C22H20N2O4S2. The minimum atomic E-state index is -0.239. The first-order valence-electron chi connectivity index (χ1n) is 9.57. The Morgan fingerprint density at radius 2 is 1.83 bits per heavy atom. The number of nitrogens with zero attached hydrogens (tertiary/aromatic N) is 1. The van der Waals surface area contributed by atoms with Crippen molar-refractivity contribution in [1.82, 2.24) is 10.2 Å². The Morgan fingerprint density at radius 1 is 1.17 bits per heavy atom. The van der Waals surface area contributed by atoms with Crippen LogP contribution in [-0.4, -0.2) is 40.4 Å². The Hall–Kier alpha value is -2.84. The van der Waals surface area contributed by atoms with E-state index in [1.807, 2.05) is 55.5 Å². The molecule has 2 amide bonds. The van der Waals surface area contributed by atoms with Gasteiger partial charge in [0.05, 0.1) is 10.9 Å². The molecule has 30 heavy (non-hydrogen) atoms. The van der Waals surface area contributed by atoms with E-state index in [-0.39, 0.29) is 18.0 Å². The highest BCUT2D eigenvalue weighted by Gasteiger charge is 2.31. The van der Waals surface area contributed by atoms with Gasteiger partial charge in [-0.2, -0.15) is 0 Å². The summed E-state index contributed by atoms with van der Waals surface area (Å²) in [5.41, 5.74) is 2.02. The van der Waals surface area contributed by atoms with Crippen molar-refractivity contribution in [3.05, 3.63) is 64.6 Å². The van der Waals surface area contributed by atoms with E-state index in [2.05, 4.69) is 5.32 Å². The average molecular weight is 441 g/mol. The number of hydrogen-bond donors (Lipinski definition) is 1. The van der Waals surface area contributed by atoms with Crippen molar-refractivity contribution in [2.24, 2.45) is 0 Å². The van der Waals surface area contributed by atoms with Gasteiger partial charge in [-0.3, -0.25) is 4.79 Å². The highest BCUT2D eigenvalue weighted by molar-refractivity contribution is 8.26. The lowest BCUT2D eigenvalue weighted by atomic mass is 10.1. The summed E-state index contributed by atoms with van der Waals surface area (Å²) < 4.78 is 11.5. The maximum absolute atomic E-state index is 11.7. The second kappa shape index (κ2) is 8.89. The molecule has 2 aliphatic heterocycles. The van der Waals surface area contributed by atoms with Gasteiger partial charge in [-0.1, -0.05) is 48.2 Å². The fourth-order valence-corrected chi connectivity index (χ4v) is 4.40. The number of hydrogen-bond acceptors (Lipinski definition) is 6. The maximum Gasteiger partial charge on any atom is 0.410 e. The van der Waals surface area contributed by atoms with Crippen molar-refractivity contribution in [3.8, 4) is 11.5 Å². The summed E-state index contributed by atoms with van der Waals surface area (Å²) in [4.78, 5) is 25.7. The highest BCUT2D eigenvalue weighted by atomic mass is 32.2. The van der Waals surface area contributed by atoms with Crippen LogP contribution in [0.2, 0.25) is 0 Å². The van der Waals surface area contributed by atoms with Gasteiger partial charge in [0.25, 0.3) is 5.91 Å². The molecule has 0 radical (unpaired) electrons. The first kappa shape index (κ1) is 20.4. The predicted molar refractivity (Wildman–Crippen MR) is 120 cm³/mol. The summed E-state index contributed by atoms with van der Waals surface area (Å²) in [5.74, 6) is 1.27. The number of rotatable bonds is 6. The quantitative estimate of drug-likeness (QED) is 0.532. The smallest absolute Gasteiger partial charge is 0.410 e. The lowest BCUT2D eigenvalue weighted by Gasteiger charge is -2.19. The largest absolute Gasteiger partial charge is 0.457 e. The molecule has 1 N–H and O–H groups in total. The SMILES string of the molecule is CCN1C(=O)OCC1Cc1ccc(Oc2ccc(C=C3SC(=S)NC3=O)cc2)cc1. The lowest BCUT2D eigenvalue weighted by molar-refractivity contribution is -0.115. The van der Waals surface area contributed by atoms with Gasteiger partial charge in [-0.25, -0.2) is 4.79 Å². The van der Waals surface area contributed by atoms with Gasteiger partial charge in [0, 0.05) is 6.54 Å². The van der Waals surface area contributed by atoms with Crippen molar-refractivity contribution < 1.29 is 19.1 Å². The van der Waals surface area contributed by atoms with Crippen LogP contribution in [0.1, 0.15) is 18.1 Å². The summed E-state index contributed by atoms with van der Waals surface area (Å²) in [6.45, 7) is 3.03. The van der Waals surface area contributed by atoms with Crippen LogP contribution in [0.15, 0.2) is 53.4 Å². The summed E-state index contributed by atoms with van der Waals surface area (Å²) >= 11 is 6.26. The zero-order valence-electron chi connectivity index (χ0n) is 16.3. The van der Waals surface area contributed by atoms with E-state index in [1.54, 1.807) is 11.0 Å². The average Bonchev–Trinajstić information content (AvgIpc) is 3.25. The zero-order valence-corrected chi connectivity index (χ0v) is 17.9. The van der Waals surface area contributed by atoms with Crippen LogP contribution in [0.4, 0.5) is 4.79 Å². The van der Waals surface area contributed by atoms with Crippen LogP contribution < -0.4 is 10.1 Å². The first-order valence-corrected chi connectivity index (χ1v) is 10.8. The monoisotopic (exact) mass is 440 g/mol. The molecule has 2 heterocycles. The van der Waals surface area contributed by atoms with Gasteiger partial charge in [0.1, 0.15) is 22.4 Å². The summed E-state index contributed by atoms with van der Waals surface area (Å²) in [6.07, 6.45) is 2.31. The molecule has 8 heteroatoms. The van der Waals surface area contributed by atoms with Gasteiger partial charge in [-0.05, 0) is 54.8 Å². The van der Waals surface area contributed by atoms with E-state index < -0.39 is 0 Å². The number of amides is 2. The fourth-order valence-electron chi connectivity index (χ4n) is 3.35. The molecule has 154 valence electrons. The fraction of sp³-hybridized carbons (Fsp3) is 0.227. The molecule has 0 saturated carbocycles. The molecule has 1 atom stereocenters. The number of carbonyl (C=O) groups excluding carboxylic acids is 2. The zero-order chi connectivity index (χ0) is 21.1. The number of carbonyl (C=O) groups is 2. The second-order valence-electron chi connectivity index (χ2n) is 6.89. The first-order chi connectivity index (χ1) is 14.5. The molecule has 0 aliphatic carbocycles. The molecule has 2 aromatic rings. The number of ether oxygens (including phenoxy) is 2. The number of benzene rings is 2. The van der Waals surface area contributed by atoms with Crippen molar-refractivity contribution in [2.45, 2.75) is 19.4 Å². The molecule has 1 unspecified atom stereocenters. The minimum absolute atomic E-state index is 0.0744. The predicted octanol–water partition coefficient (Wildman–Crippen LogP) is 4.35. The number of thiocarbonyl (C=S) groups is 1. The molecule has 0 spiro atoms. The Morgan fingerprint density at radius 3 is 2.43 bits per heavy atom. The van der Waals surface area contributed by atoms with Gasteiger partial charge in [0.2, 0.25) is 0 Å². The molecule has 4 rings (SSSR count). The van der Waals surface area contributed by atoms with Crippen molar-refractivity contribution in [2.75, 3.05) is 13.2 Å². The van der Waals surface area contributed by atoms with E-state index in [0.717, 1.165) is 23.3 Å². The highest BCUT2D eigenvalue weighted by Crippen LogP contribution is 2.28. The minimum Gasteiger partial charge on any atom is -0.457 e. The Balaban J connectivity index is 1.37. The molecule has 0 bridgehead atoms.